The van der Waals surface area contributed by atoms with Crippen LogP contribution in [0.25, 0.3) is 10.8 Å². The summed E-state index contributed by atoms with van der Waals surface area (Å²) in [5.41, 5.74) is -0.636. The lowest BCUT2D eigenvalue weighted by Crippen LogP contribution is -2.65. The number of carbonyl (C=O) groups is 1. The summed E-state index contributed by atoms with van der Waals surface area (Å²) in [5.74, 6) is -0.280. The van der Waals surface area contributed by atoms with Gasteiger partial charge in [-0.3, -0.25) is 9.78 Å². The van der Waals surface area contributed by atoms with E-state index >= 15 is 0 Å². The number of piperidine rings is 1. The molecule has 1 atom stereocenters. The summed E-state index contributed by atoms with van der Waals surface area (Å²) >= 11 is 6.08. The van der Waals surface area contributed by atoms with Crippen molar-refractivity contribution in [3.05, 3.63) is 65.9 Å². The smallest absolute Gasteiger partial charge is 0.243 e. The number of fused-ring (bicyclic) bond motifs is 2. The molecule has 9 nitrogen and oxygen atoms in total. The first kappa shape index (κ1) is 25.5. The molecule has 1 spiro atoms. The van der Waals surface area contributed by atoms with Crippen LogP contribution < -0.4 is 4.90 Å². The number of hydrogen-bond donors (Lipinski definition) is 0. The molecule has 3 aliphatic heterocycles. The third kappa shape index (κ3) is 4.34. The summed E-state index contributed by atoms with van der Waals surface area (Å²) in [6.45, 7) is 1.79. The van der Waals surface area contributed by atoms with Gasteiger partial charge in [-0.25, -0.2) is 8.42 Å². The first-order valence-electron chi connectivity index (χ1n) is 12.6. The van der Waals surface area contributed by atoms with Gasteiger partial charge >= 0.3 is 0 Å². The molecule has 1 amide bonds. The molecule has 3 fully saturated rings. The number of ether oxygens (including phenoxy) is 2. The first-order valence-corrected chi connectivity index (χ1v) is 14.4. The normalized spacial score (nSPS) is 23.8. The molecule has 2 aromatic carbocycles. The summed E-state index contributed by atoms with van der Waals surface area (Å²) in [4.78, 5) is 21.7. The Morgan fingerprint density at radius 3 is 2.47 bits per heavy atom. The Balaban J connectivity index is 1.26. The summed E-state index contributed by atoms with van der Waals surface area (Å²) < 4.78 is 41.0. The number of rotatable bonds is 5. The van der Waals surface area contributed by atoms with Crippen LogP contribution in [0.2, 0.25) is 5.02 Å². The summed E-state index contributed by atoms with van der Waals surface area (Å²) in [7, 11) is -2.43. The molecule has 1 aromatic heterocycles. The second kappa shape index (κ2) is 9.46. The Labute approximate surface area is 226 Å². The van der Waals surface area contributed by atoms with E-state index in [1.165, 1.54) is 4.31 Å². The van der Waals surface area contributed by atoms with Crippen molar-refractivity contribution in [2.75, 3.05) is 51.3 Å². The van der Waals surface area contributed by atoms with Crippen molar-refractivity contribution in [2.45, 2.75) is 29.1 Å². The highest BCUT2D eigenvalue weighted by molar-refractivity contribution is 7.89. The highest BCUT2D eigenvalue weighted by Gasteiger charge is 2.60. The monoisotopic (exact) mass is 556 g/mol. The van der Waals surface area contributed by atoms with Gasteiger partial charge in [-0.05, 0) is 60.0 Å². The number of methoxy groups -OCH3 is 1. The lowest BCUT2D eigenvalue weighted by molar-refractivity contribution is -0.194. The molecule has 3 saturated heterocycles. The number of piperazine rings is 1. The molecule has 0 saturated carbocycles. The van der Waals surface area contributed by atoms with E-state index in [0.29, 0.717) is 24.4 Å². The van der Waals surface area contributed by atoms with E-state index in [1.54, 1.807) is 60.8 Å². The average molecular weight is 557 g/mol. The van der Waals surface area contributed by atoms with E-state index < -0.39 is 21.3 Å². The maximum Gasteiger partial charge on any atom is 0.243 e. The molecule has 4 heterocycles. The molecule has 200 valence electrons. The molecule has 3 aliphatic rings. The number of benzene rings is 2. The molecular formula is C27H29ClN4O5S. The molecule has 0 aliphatic carbocycles. The van der Waals surface area contributed by atoms with Crippen molar-refractivity contribution in [3.63, 3.8) is 0 Å². The molecule has 0 N–H and O–H groups in total. The quantitative estimate of drug-likeness (QED) is 0.477. The van der Waals surface area contributed by atoms with Crippen molar-refractivity contribution < 1.29 is 22.7 Å². The largest absolute Gasteiger partial charge is 0.380 e. The van der Waals surface area contributed by atoms with Crippen LogP contribution in [0.5, 0.6) is 0 Å². The Morgan fingerprint density at radius 1 is 1.03 bits per heavy atom. The van der Waals surface area contributed by atoms with Crippen LogP contribution in [0, 0.1) is 0 Å². The van der Waals surface area contributed by atoms with Gasteiger partial charge < -0.3 is 19.3 Å². The fourth-order valence-electron chi connectivity index (χ4n) is 5.96. The van der Waals surface area contributed by atoms with Crippen molar-refractivity contribution in [1.29, 1.82) is 0 Å². The van der Waals surface area contributed by atoms with Crippen molar-refractivity contribution >= 4 is 44.0 Å². The summed E-state index contributed by atoms with van der Waals surface area (Å²) in [6, 6.07) is 14.2. The number of amides is 1. The minimum Gasteiger partial charge on any atom is -0.380 e. The molecule has 6 rings (SSSR count). The molecule has 38 heavy (non-hydrogen) atoms. The molecule has 0 radical (unpaired) electrons. The van der Waals surface area contributed by atoms with Crippen LogP contribution in [-0.4, -0.2) is 86.3 Å². The number of hydrogen-bond acceptors (Lipinski definition) is 7. The van der Waals surface area contributed by atoms with Crippen LogP contribution >= 0.6 is 11.6 Å². The van der Waals surface area contributed by atoms with Gasteiger partial charge in [0.2, 0.25) is 15.9 Å². The Kier molecular flexibility index (Phi) is 6.35. The second-order valence-corrected chi connectivity index (χ2v) is 12.6. The van der Waals surface area contributed by atoms with Crippen LogP contribution in [0.1, 0.15) is 12.8 Å². The molecule has 3 aromatic rings. The van der Waals surface area contributed by atoms with E-state index in [9.17, 15) is 13.2 Å². The zero-order valence-corrected chi connectivity index (χ0v) is 22.6. The maximum atomic E-state index is 13.8. The zero-order valence-electron chi connectivity index (χ0n) is 21.0. The van der Waals surface area contributed by atoms with Gasteiger partial charge in [0.15, 0.2) is 5.72 Å². The van der Waals surface area contributed by atoms with Gasteiger partial charge in [-0.1, -0.05) is 23.7 Å². The van der Waals surface area contributed by atoms with E-state index in [1.807, 2.05) is 12.1 Å². The number of sulfonamides is 1. The van der Waals surface area contributed by atoms with Crippen LogP contribution in [0.15, 0.2) is 65.8 Å². The Hall–Kier alpha value is -2.76. The number of pyridine rings is 1. The highest BCUT2D eigenvalue weighted by atomic mass is 35.5. The van der Waals surface area contributed by atoms with Crippen molar-refractivity contribution in [3.8, 4) is 0 Å². The van der Waals surface area contributed by atoms with Gasteiger partial charge in [0, 0.05) is 43.3 Å². The number of nitrogens with zero attached hydrogens (tertiary/aromatic N) is 4. The van der Waals surface area contributed by atoms with Gasteiger partial charge in [0.05, 0.1) is 36.7 Å². The van der Waals surface area contributed by atoms with E-state index in [0.717, 1.165) is 29.5 Å². The first-order chi connectivity index (χ1) is 18.2. The average Bonchev–Trinajstić information content (AvgIpc) is 3.23. The van der Waals surface area contributed by atoms with E-state index in [4.69, 9.17) is 21.1 Å². The Morgan fingerprint density at radius 2 is 1.74 bits per heavy atom. The predicted octanol–water partition coefficient (Wildman–Crippen LogP) is 3.13. The third-order valence-electron chi connectivity index (χ3n) is 7.86. The van der Waals surface area contributed by atoms with Crippen LogP contribution in [0.3, 0.4) is 0 Å². The standard InChI is InChI=1S/C27H29ClN4O5S/c1-36-19-27-18-31(38(34,35)24-5-3-20-14-22(28)4-2-21(20)15-24)16-25(33)32(27)17-26(37-27)8-12-30(13-9-26)23-6-10-29-11-7-23/h2-7,10-11,14-15H,8-9,12-13,16-19H2,1H3. The molecule has 1 unspecified atom stereocenters. The topological polar surface area (TPSA) is 92.3 Å². The fourth-order valence-corrected chi connectivity index (χ4v) is 7.61. The predicted molar refractivity (Wildman–Crippen MR) is 144 cm³/mol. The maximum absolute atomic E-state index is 13.8. The zero-order chi connectivity index (χ0) is 26.5. The minimum absolute atomic E-state index is 0.00336. The summed E-state index contributed by atoms with van der Waals surface area (Å²) in [6.07, 6.45) is 4.98. The van der Waals surface area contributed by atoms with Crippen LogP contribution in [0.4, 0.5) is 5.69 Å². The number of halogens is 1. The lowest BCUT2D eigenvalue weighted by Gasteiger charge is -2.44. The second-order valence-electron chi connectivity index (χ2n) is 10.3. The molecule has 11 heteroatoms. The minimum atomic E-state index is -3.98. The SMILES string of the molecule is COCC12CN(S(=O)(=O)c3ccc4cc(Cl)ccc4c3)CC(=O)N1CC1(CCN(c3ccncc3)CC1)O2. The fraction of sp³-hybridized carbons (Fsp3) is 0.407. The highest BCUT2D eigenvalue weighted by Crippen LogP contribution is 2.44. The van der Waals surface area contributed by atoms with Gasteiger partial charge in [0.1, 0.15) is 0 Å². The third-order valence-corrected chi connectivity index (χ3v) is 9.89. The number of aromatic nitrogens is 1. The molecule has 0 bridgehead atoms. The number of anilines is 1. The van der Waals surface area contributed by atoms with Crippen LogP contribution in [-0.2, 0) is 24.3 Å². The van der Waals surface area contributed by atoms with Crippen molar-refractivity contribution in [1.82, 2.24) is 14.2 Å². The lowest BCUT2D eigenvalue weighted by atomic mass is 9.91. The van der Waals surface area contributed by atoms with Gasteiger partial charge in [0.25, 0.3) is 0 Å². The van der Waals surface area contributed by atoms with E-state index in [2.05, 4.69) is 9.88 Å². The summed E-state index contributed by atoms with van der Waals surface area (Å²) in [5, 5.41) is 2.17. The Bertz CT molecular complexity index is 1480. The van der Waals surface area contributed by atoms with Gasteiger partial charge in [-0.2, -0.15) is 4.31 Å². The van der Waals surface area contributed by atoms with Crippen molar-refractivity contribution in [2.24, 2.45) is 0 Å². The van der Waals surface area contributed by atoms with E-state index in [-0.39, 0.29) is 30.5 Å². The molecular weight excluding hydrogens is 528 g/mol. The van der Waals surface area contributed by atoms with Gasteiger partial charge in [-0.15, -0.1) is 0 Å². The number of carbonyl (C=O) groups excluding carboxylic acids is 1.